The van der Waals surface area contributed by atoms with Crippen LogP contribution in [0.1, 0.15) is 12.5 Å². The molecule has 25 heavy (non-hydrogen) atoms. The van der Waals surface area contributed by atoms with Crippen LogP contribution >= 0.6 is 0 Å². The van der Waals surface area contributed by atoms with Gasteiger partial charge in [-0.25, -0.2) is 12.8 Å². The molecular formula is C16H15F4NO3S. The van der Waals surface area contributed by atoms with Crippen molar-refractivity contribution in [3.8, 4) is 5.75 Å². The predicted molar refractivity (Wildman–Crippen MR) is 84.6 cm³/mol. The van der Waals surface area contributed by atoms with Gasteiger partial charge >= 0.3 is 6.18 Å². The molecule has 9 heteroatoms. The van der Waals surface area contributed by atoms with Crippen LogP contribution in [0.2, 0.25) is 0 Å². The molecule has 136 valence electrons. The molecule has 0 aliphatic heterocycles. The summed E-state index contributed by atoms with van der Waals surface area (Å²) >= 11 is 0. The highest BCUT2D eigenvalue weighted by Gasteiger charge is 2.31. The van der Waals surface area contributed by atoms with Crippen molar-refractivity contribution in [2.75, 3.05) is 18.0 Å². The van der Waals surface area contributed by atoms with E-state index >= 15 is 0 Å². The van der Waals surface area contributed by atoms with E-state index in [1.807, 2.05) is 0 Å². The Labute approximate surface area is 142 Å². The summed E-state index contributed by atoms with van der Waals surface area (Å²) in [5, 5.41) is 0. The monoisotopic (exact) mass is 377 g/mol. The maximum atomic E-state index is 13.8. The highest BCUT2D eigenvalue weighted by atomic mass is 32.2. The second-order valence-electron chi connectivity index (χ2n) is 5.01. The zero-order chi connectivity index (χ0) is 18.8. The first-order valence-electron chi connectivity index (χ1n) is 7.14. The highest BCUT2D eigenvalue weighted by Crippen LogP contribution is 2.32. The van der Waals surface area contributed by atoms with Crippen LogP contribution in [0.4, 0.5) is 23.2 Å². The van der Waals surface area contributed by atoms with Crippen LogP contribution in [0.3, 0.4) is 0 Å². The van der Waals surface area contributed by atoms with E-state index in [1.165, 1.54) is 26.2 Å². The lowest BCUT2D eigenvalue weighted by atomic mass is 10.2. The Morgan fingerprint density at radius 2 is 1.68 bits per heavy atom. The first-order valence-corrected chi connectivity index (χ1v) is 8.58. The Kier molecular flexibility index (Phi) is 5.26. The molecule has 0 aromatic heterocycles. The topological polar surface area (TPSA) is 46.6 Å². The van der Waals surface area contributed by atoms with Crippen molar-refractivity contribution in [2.24, 2.45) is 0 Å². The van der Waals surface area contributed by atoms with E-state index < -0.39 is 27.6 Å². The number of ether oxygens (including phenoxy) is 1. The molecule has 0 aliphatic carbocycles. The lowest BCUT2D eigenvalue weighted by Crippen LogP contribution is -2.30. The quantitative estimate of drug-likeness (QED) is 0.738. The molecule has 0 aliphatic rings. The number of rotatable bonds is 5. The largest absolute Gasteiger partial charge is 0.494 e. The molecule has 0 radical (unpaired) electrons. The molecule has 0 fully saturated rings. The third-order valence-corrected chi connectivity index (χ3v) is 5.38. The number of alkyl halides is 3. The maximum Gasteiger partial charge on any atom is 0.416 e. The second-order valence-corrected chi connectivity index (χ2v) is 6.87. The van der Waals surface area contributed by atoms with Gasteiger partial charge in [-0.3, -0.25) is 4.31 Å². The van der Waals surface area contributed by atoms with Crippen LogP contribution in [-0.2, 0) is 16.2 Å². The lowest BCUT2D eigenvalue weighted by Gasteiger charge is -2.23. The summed E-state index contributed by atoms with van der Waals surface area (Å²) in [6.07, 6.45) is -4.52. The molecule has 0 N–H and O–H groups in total. The van der Waals surface area contributed by atoms with Gasteiger partial charge in [0, 0.05) is 6.54 Å². The minimum Gasteiger partial charge on any atom is -0.494 e. The normalized spacial score (nSPS) is 12.1. The SMILES string of the molecule is CCN(c1ccc(C(F)(F)F)cc1)S(=O)(=O)c1ccc(OC)c(F)c1. The fourth-order valence-electron chi connectivity index (χ4n) is 2.24. The summed E-state index contributed by atoms with van der Waals surface area (Å²) < 4.78 is 82.7. The molecule has 0 heterocycles. The van der Waals surface area contributed by atoms with E-state index in [9.17, 15) is 26.0 Å². The van der Waals surface area contributed by atoms with Crippen LogP contribution < -0.4 is 9.04 Å². The summed E-state index contributed by atoms with van der Waals surface area (Å²) in [4.78, 5) is -0.326. The van der Waals surface area contributed by atoms with Gasteiger partial charge in [0.25, 0.3) is 10.0 Å². The number of benzene rings is 2. The first kappa shape index (κ1) is 19.0. The van der Waals surface area contributed by atoms with Crippen LogP contribution in [0, 0.1) is 5.82 Å². The van der Waals surface area contributed by atoms with E-state index in [4.69, 9.17) is 4.74 Å². The number of hydrogen-bond donors (Lipinski definition) is 0. The van der Waals surface area contributed by atoms with Crippen LogP contribution in [0.15, 0.2) is 47.4 Å². The average molecular weight is 377 g/mol. The Bertz CT molecular complexity index is 849. The molecule has 4 nitrogen and oxygen atoms in total. The summed E-state index contributed by atoms with van der Waals surface area (Å²) in [5.74, 6) is -0.969. The van der Waals surface area contributed by atoms with Crippen LogP contribution in [0.5, 0.6) is 5.75 Å². The second kappa shape index (κ2) is 6.91. The minimum atomic E-state index is -4.52. The van der Waals surface area contributed by atoms with Crippen LogP contribution in [0.25, 0.3) is 0 Å². The third-order valence-electron chi connectivity index (χ3n) is 3.48. The van der Waals surface area contributed by atoms with Gasteiger partial charge in [-0.05, 0) is 49.4 Å². The molecular weight excluding hydrogens is 362 g/mol. The zero-order valence-electron chi connectivity index (χ0n) is 13.3. The van der Waals surface area contributed by atoms with Crippen molar-refractivity contribution in [1.29, 1.82) is 0 Å². The average Bonchev–Trinajstić information content (AvgIpc) is 2.55. The summed E-state index contributed by atoms with van der Waals surface area (Å²) in [6, 6.07) is 6.85. The third kappa shape index (κ3) is 3.87. The van der Waals surface area contributed by atoms with E-state index in [1.54, 1.807) is 0 Å². The smallest absolute Gasteiger partial charge is 0.416 e. The van der Waals surface area contributed by atoms with Crippen molar-refractivity contribution >= 4 is 15.7 Å². The van der Waals surface area contributed by atoms with E-state index in [-0.39, 0.29) is 22.9 Å². The molecule has 0 unspecified atom stereocenters. The van der Waals surface area contributed by atoms with Crippen molar-refractivity contribution in [1.82, 2.24) is 0 Å². The zero-order valence-corrected chi connectivity index (χ0v) is 14.2. The van der Waals surface area contributed by atoms with Gasteiger partial charge in [0.2, 0.25) is 0 Å². The number of sulfonamides is 1. The minimum absolute atomic E-state index is 0.0403. The fourth-order valence-corrected chi connectivity index (χ4v) is 3.73. The maximum absolute atomic E-state index is 13.8. The lowest BCUT2D eigenvalue weighted by molar-refractivity contribution is -0.137. The Balaban J connectivity index is 2.43. The predicted octanol–water partition coefficient (Wildman–Crippen LogP) is 4.07. The Hall–Kier alpha value is -2.29. The number of anilines is 1. The van der Waals surface area contributed by atoms with Crippen molar-refractivity contribution < 1.29 is 30.7 Å². The Morgan fingerprint density at radius 3 is 2.12 bits per heavy atom. The van der Waals surface area contributed by atoms with Crippen molar-refractivity contribution in [3.63, 3.8) is 0 Å². The Morgan fingerprint density at radius 1 is 1.08 bits per heavy atom. The van der Waals surface area contributed by atoms with Gasteiger partial charge < -0.3 is 4.74 Å². The molecule has 0 spiro atoms. The van der Waals surface area contributed by atoms with E-state index in [0.717, 1.165) is 34.6 Å². The summed E-state index contributed by atoms with van der Waals surface area (Å²) in [5.41, 5.74) is -0.841. The molecule has 0 atom stereocenters. The standard InChI is InChI=1S/C16H15F4NO3S/c1-3-21(12-6-4-11(5-7-12)16(18,19)20)25(22,23)13-8-9-15(24-2)14(17)10-13/h4-10H,3H2,1-2H3. The van der Waals surface area contributed by atoms with Crippen LogP contribution in [-0.4, -0.2) is 22.1 Å². The summed E-state index contributed by atoms with van der Waals surface area (Å²) in [7, 11) is -2.90. The first-order chi connectivity index (χ1) is 11.6. The van der Waals surface area contributed by atoms with Gasteiger partial charge in [0.1, 0.15) is 0 Å². The highest BCUT2D eigenvalue weighted by molar-refractivity contribution is 7.92. The number of halogens is 4. The van der Waals surface area contributed by atoms with Gasteiger partial charge in [0.15, 0.2) is 11.6 Å². The van der Waals surface area contributed by atoms with Crippen molar-refractivity contribution in [3.05, 3.63) is 53.8 Å². The summed E-state index contributed by atoms with van der Waals surface area (Å²) in [6.45, 7) is 1.48. The number of methoxy groups -OCH3 is 1. The molecule has 0 bridgehead atoms. The van der Waals surface area contributed by atoms with Crippen molar-refractivity contribution in [2.45, 2.75) is 18.0 Å². The fraction of sp³-hybridized carbons (Fsp3) is 0.250. The molecule has 0 amide bonds. The molecule has 0 saturated carbocycles. The molecule has 2 rings (SSSR count). The molecule has 0 saturated heterocycles. The number of hydrogen-bond acceptors (Lipinski definition) is 3. The van der Waals surface area contributed by atoms with Gasteiger partial charge in [-0.15, -0.1) is 0 Å². The van der Waals surface area contributed by atoms with Gasteiger partial charge in [0.05, 0.1) is 23.3 Å². The van der Waals surface area contributed by atoms with Gasteiger partial charge in [-0.1, -0.05) is 0 Å². The number of nitrogens with zero attached hydrogens (tertiary/aromatic N) is 1. The molecule has 2 aromatic carbocycles. The van der Waals surface area contributed by atoms with E-state index in [0.29, 0.717) is 0 Å². The molecule has 2 aromatic rings. The van der Waals surface area contributed by atoms with Gasteiger partial charge in [-0.2, -0.15) is 13.2 Å². The van der Waals surface area contributed by atoms with E-state index in [2.05, 4.69) is 0 Å².